The minimum absolute atomic E-state index is 0.740. The van der Waals surface area contributed by atoms with Gasteiger partial charge in [-0.05, 0) is 85.9 Å². The predicted molar refractivity (Wildman–Crippen MR) is 185 cm³/mol. The van der Waals surface area contributed by atoms with Crippen LogP contribution in [0, 0.1) is 0 Å². The smallest absolute Gasteiger partial charge is 0.108 e. The molecule has 226 valence electrons. The Kier molecular flexibility index (Phi) is 9.52. The van der Waals surface area contributed by atoms with Gasteiger partial charge in [0.15, 0.2) is 0 Å². The Morgan fingerprint density at radius 2 is 1.09 bits per heavy atom. The molecule has 0 spiro atoms. The molecular formula is C39H44N4O. The maximum atomic E-state index is 11.8. The van der Waals surface area contributed by atoms with Crippen molar-refractivity contribution in [2.75, 3.05) is 0 Å². The summed E-state index contributed by atoms with van der Waals surface area (Å²) in [6.07, 6.45) is 18.8. The molecule has 1 unspecified atom stereocenters. The van der Waals surface area contributed by atoms with E-state index in [2.05, 4.69) is 78.5 Å². The van der Waals surface area contributed by atoms with E-state index in [0.717, 1.165) is 81.7 Å². The third-order valence-corrected chi connectivity index (χ3v) is 8.78. The van der Waals surface area contributed by atoms with Gasteiger partial charge in [-0.25, -0.2) is 9.97 Å². The largest absolute Gasteiger partial charge is 0.383 e. The summed E-state index contributed by atoms with van der Waals surface area (Å²) >= 11 is 0. The van der Waals surface area contributed by atoms with Crippen LogP contribution in [-0.2, 0) is 12.8 Å². The van der Waals surface area contributed by atoms with Crippen LogP contribution in [0.15, 0.2) is 60.7 Å². The third-order valence-electron chi connectivity index (χ3n) is 8.78. The Hall–Kier alpha value is -4.22. The lowest BCUT2D eigenvalue weighted by Crippen LogP contribution is -2.05. The standard InChI is InChI=1S/C39H44N4O/c1-3-5-7-12-16-30-32-20-18-28(40-32)26-29-19-21-33(41-29)31(17-13-8-6-4-2)35-23-25-37(43-35)38(36-24-22-34(30)42-36)39(44)27-14-10-9-11-15-27/h9-11,14-15,18-26,39-41,44H,3-8,12-13,16-17H2,1-2H3. The van der Waals surface area contributed by atoms with Gasteiger partial charge in [-0.15, -0.1) is 0 Å². The van der Waals surface area contributed by atoms with E-state index in [4.69, 9.17) is 9.97 Å². The van der Waals surface area contributed by atoms with Crippen molar-refractivity contribution in [1.82, 2.24) is 19.9 Å². The van der Waals surface area contributed by atoms with Crippen LogP contribution in [0.3, 0.4) is 0 Å². The minimum atomic E-state index is -0.856. The Balaban J connectivity index is 1.61. The van der Waals surface area contributed by atoms with Gasteiger partial charge in [0.05, 0.1) is 22.8 Å². The van der Waals surface area contributed by atoms with Crippen LogP contribution in [0.25, 0.3) is 46.4 Å². The normalized spacial score (nSPS) is 13.1. The van der Waals surface area contributed by atoms with Gasteiger partial charge in [0.2, 0.25) is 0 Å². The van der Waals surface area contributed by atoms with E-state index in [-0.39, 0.29) is 0 Å². The van der Waals surface area contributed by atoms with Gasteiger partial charge in [-0.2, -0.15) is 0 Å². The molecule has 5 heterocycles. The number of H-pyrrole nitrogens is 2. The second kappa shape index (κ2) is 14.0. The molecule has 6 rings (SSSR count). The van der Waals surface area contributed by atoms with Crippen LogP contribution < -0.4 is 0 Å². The van der Waals surface area contributed by atoms with Crippen molar-refractivity contribution in [3.8, 4) is 0 Å². The van der Waals surface area contributed by atoms with Crippen LogP contribution in [0.1, 0.15) is 116 Å². The van der Waals surface area contributed by atoms with E-state index in [0.29, 0.717) is 0 Å². The Labute approximate surface area is 260 Å². The number of nitrogens with one attached hydrogen (secondary N) is 2. The van der Waals surface area contributed by atoms with Crippen LogP contribution in [0.2, 0.25) is 0 Å². The predicted octanol–water partition coefficient (Wildman–Crippen LogP) is 9.98. The highest BCUT2D eigenvalue weighted by molar-refractivity contribution is 5.82. The number of aryl methyl sites for hydroxylation is 2. The monoisotopic (exact) mass is 584 g/mol. The van der Waals surface area contributed by atoms with Gasteiger partial charge in [-0.1, -0.05) is 82.7 Å². The Bertz CT molecular complexity index is 1700. The van der Waals surface area contributed by atoms with Crippen LogP contribution >= 0.6 is 0 Å². The number of nitrogens with zero attached hydrogens (tertiary/aromatic N) is 2. The molecule has 0 radical (unpaired) electrons. The summed E-state index contributed by atoms with van der Waals surface area (Å²) in [5.74, 6) is 0. The number of benzene rings is 1. The molecule has 0 amide bonds. The molecule has 1 atom stereocenters. The van der Waals surface area contributed by atoms with E-state index in [1.165, 1.54) is 49.7 Å². The highest BCUT2D eigenvalue weighted by atomic mass is 16.3. The number of rotatable bonds is 12. The van der Waals surface area contributed by atoms with Gasteiger partial charge < -0.3 is 15.1 Å². The maximum Gasteiger partial charge on any atom is 0.108 e. The zero-order chi connectivity index (χ0) is 30.3. The van der Waals surface area contributed by atoms with Gasteiger partial charge >= 0.3 is 0 Å². The Morgan fingerprint density at radius 1 is 0.591 bits per heavy atom. The molecule has 5 nitrogen and oxygen atoms in total. The second-order valence-corrected chi connectivity index (χ2v) is 12.0. The van der Waals surface area contributed by atoms with Crippen LogP contribution in [0.5, 0.6) is 0 Å². The molecule has 5 heteroatoms. The summed E-state index contributed by atoms with van der Waals surface area (Å²) in [6, 6.07) is 20.7. The summed E-state index contributed by atoms with van der Waals surface area (Å²) in [7, 11) is 0. The fraction of sp³-hybridized carbons (Fsp3) is 0.333. The lowest BCUT2D eigenvalue weighted by Gasteiger charge is -2.13. The first kappa shape index (κ1) is 29.8. The number of aromatic nitrogens is 4. The van der Waals surface area contributed by atoms with Crippen molar-refractivity contribution in [3.63, 3.8) is 0 Å². The number of fused-ring (bicyclic) bond motifs is 8. The zero-order valence-electron chi connectivity index (χ0n) is 26.1. The van der Waals surface area contributed by atoms with Gasteiger partial charge in [0.25, 0.3) is 0 Å². The van der Waals surface area contributed by atoms with E-state index < -0.39 is 6.10 Å². The summed E-state index contributed by atoms with van der Waals surface area (Å²) in [4.78, 5) is 17.7. The lowest BCUT2D eigenvalue weighted by molar-refractivity contribution is 0.219. The molecule has 8 bridgehead atoms. The number of aromatic amines is 2. The number of hydrogen-bond donors (Lipinski definition) is 3. The average molecular weight is 585 g/mol. The van der Waals surface area contributed by atoms with Crippen LogP contribution in [0.4, 0.5) is 0 Å². The summed E-state index contributed by atoms with van der Waals surface area (Å²) < 4.78 is 0. The summed E-state index contributed by atoms with van der Waals surface area (Å²) in [5.41, 5.74) is 11.7. The lowest BCUT2D eigenvalue weighted by atomic mass is 9.99. The molecule has 3 aromatic heterocycles. The zero-order valence-corrected chi connectivity index (χ0v) is 26.1. The molecular weight excluding hydrogens is 540 g/mol. The van der Waals surface area contributed by atoms with E-state index in [1.54, 1.807) is 0 Å². The van der Waals surface area contributed by atoms with E-state index in [9.17, 15) is 5.11 Å². The number of aliphatic hydroxyl groups is 1. The average Bonchev–Trinajstić information content (AvgIpc) is 3.87. The fourth-order valence-corrected chi connectivity index (χ4v) is 6.34. The number of hydrogen-bond acceptors (Lipinski definition) is 3. The van der Waals surface area contributed by atoms with Crippen molar-refractivity contribution in [2.24, 2.45) is 0 Å². The molecule has 0 saturated carbocycles. The molecule has 0 aliphatic carbocycles. The SMILES string of the molecule is CCCCCCc1c2nc(c(C(O)c3ccccc3)c3nc(c(CCCCCC)c4ccc(cc5ccc1[nH]5)[nH]4)C=C3)C=C2. The molecule has 1 aromatic carbocycles. The number of aliphatic hydroxyl groups excluding tert-OH is 1. The summed E-state index contributed by atoms with van der Waals surface area (Å²) in [5, 5.41) is 11.8. The van der Waals surface area contributed by atoms with E-state index in [1.807, 2.05) is 30.3 Å². The number of unbranched alkanes of at least 4 members (excludes halogenated alkanes) is 6. The van der Waals surface area contributed by atoms with Crippen molar-refractivity contribution in [3.05, 3.63) is 106 Å². The van der Waals surface area contributed by atoms with Crippen LogP contribution in [-0.4, -0.2) is 25.0 Å². The topological polar surface area (TPSA) is 77.6 Å². The molecule has 2 aliphatic rings. The maximum absolute atomic E-state index is 11.8. The first-order chi connectivity index (χ1) is 21.6. The van der Waals surface area contributed by atoms with Crippen molar-refractivity contribution in [2.45, 2.75) is 84.2 Å². The third kappa shape index (κ3) is 6.63. The molecule has 4 aromatic rings. The molecule has 0 saturated heterocycles. The van der Waals surface area contributed by atoms with E-state index >= 15 is 0 Å². The quantitative estimate of drug-likeness (QED) is 0.125. The van der Waals surface area contributed by atoms with Gasteiger partial charge in [0, 0.05) is 38.8 Å². The molecule has 0 fully saturated rings. The fourth-order valence-electron chi connectivity index (χ4n) is 6.34. The highest BCUT2D eigenvalue weighted by Crippen LogP contribution is 2.33. The minimum Gasteiger partial charge on any atom is -0.383 e. The Morgan fingerprint density at radius 3 is 1.59 bits per heavy atom. The molecule has 44 heavy (non-hydrogen) atoms. The van der Waals surface area contributed by atoms with Crippen molar-refractivity contribution >= 4 is 46.4 Å². The molecule has 3 N–H and O–H groups in total. The van der Waals surface area contributed by atoms with Gasteiger partial charge in [0.1, 0.15) is 6.10 Å². The highest BCUT2D eigenvalue weighted by Gasteiger charge is 2.22. The van der Waals surface area contributed by atoms with Crippen molar-refractivity contribution in [1.29, 1.82) is 0 Å². The molecule has 2 aliphatic heterocycles. The summed E-state index contributed by atoms with van der Waals surface area (Å²) in [6.45, 7) is 4.49. The first-order valence-electron chi connectivity index (χ1n) is 16.5. The van der Waals surface area contributed by atoms with Crippen molar-refractivity contribution < 1.29 is 5.11 Å². The second-order valence-electron chi connectivity index (χ2n) is 12.0. The first-order valence-corrected chi connectivity index (χ1v) is 16.5. The van der Waals surface area contributed by atoms with Gasteiger partial charge in [-0.3, -0.25) is 0 Å².